The average molecular weight is 326 g/mol. The van der Waals surface area contributed by atoms with Gasteiger partial charge in [0.25, 0.3) is 0 Å². The van der Waals surface area contributed by atoms with Crippen LogP contribution < -0.4 is 5.32 Å². The van der Waals surface area contributed by atoms with Gasteiger partial charge in [-0.2, -0.15) is 0 Å². The van der Waals surface area contributed by atoms with Crippen LogP contribution >= 0.6 is 0 Å². The first-order valence-corrected chi connectivity index (χ1v) is 8.33. The van der Waals surface area contributed by atoms with E-state index in [1.807, 2.05) is 25.3 Å². The van der Waals surface area contributed by atoms with Gasteiger partial charge in [0.1, 0.15) is 0 Å². The number of ether oxygens (including phenoxy) is 1. The molecule has 0 fully saturated rings. The summed E-state index contributed by atoms with van der Waals surface area (Å²) in [4.78, 5) is 29.0. The van der Waals surface area contributed by atoms with Crippen molar-refractivity contribution >= 4 is 11.8 Å². The predicted molar refractivity (Wildman–Crippen MR) is 89.8 cm³/mol. The van der Waals surface area contributed by atoms with Crippen molar-refractivity contribution in [3.05, 3.63) is 52.6 Å². The topological polar surface area (TPSA) is 68.3 Å². The number of pyridine rings is 1. The monoisotopic (exact) mass is 326 g/mol. The molecule has 126 valence electrons. The molecule has 0 aromatic carbocycles. The van der Waals surface area contributed by atoms with Crippen LogP contribution in [0.5, 0.6) is 0 Å². The van der Waals surface area contributed by atoms with E-state index in [9.17, 15) is 9.59 Å². The maximum atomic E-state index is 12.5. The smallest absolute Gasteiger partial charge is 0.336 e. The molecule has 5 nitrogen and oxygen atoms in total. The van der Waals surface area contributed by atoms with Crippen molar-refractivity contribution in [2.75, 3.05) is 7.11 Å². The third-order valence-electron chi connectivity index (χ3n) is 4.75. The van der Waals surface area contributed by atoms with Crippen molar-refractivity contribution < 1.29 is 14.3 Å². The van der Waals surface area contributed by atoms with E-state index in [2.05, 4.69) is 10.3 Å². The number of hydrogen-bond acceptors (Lipinski definition) is 5. The highest BCUT2D eigenvalue weighted by Gasteiger charge is 2.37. The zero-order valence-electron chi connectivity index (χ0n) is 14.1. The molecule has 5 heteroatoms. The number of hydrogen-bond donors (Lipinski definition) is 1. The normalized spacial score (nSPS) is 20.6. The minimum absolute atomic E-state index is 0.147. The van der Waals surface area contributed by atoms with Gasteiger partial charge in [-0.1, -0.05) is 6.07 Å². The quantitative estimate of drug-likeness (QED) is 0.862. The third-order valence-corrected chi connectivity index (χ3v) is 4.75. The number of carbonyl (C=O) groups is 2. The van der Waals surface area contributed by atoms with Crippen LogP contribution in [0, 0.1) is 5.92 Å². The summed E-state index contributed by atoms with van der Waals surface area (Å²) in [5, 5.41) is 3.27. The Labute approximate surface area is 141 Å². The lowest BCUT2D eigenvalue weighted by Crippen LogP contribution is -2.35. The molecule has 2 heterocycles. The van der Waals surface area contributed by atoms with Gasteiger partial charge in [-0.3, -0.25) is 9.78 Å². The summed E-state index contributed by atoms with van der Waals surface area (Å²) in [7, 11) is 1.38. The number of nitrogens with zero attached hydrogens (tertiary/aromatic N) is 1. The van der Waals surface area contributed by atoms with Crippen molar-refractivity contribution in [2.45, 2.75) is 39.0 Å². The number of dihydropyridines is 1. The molecule has 2 aliphatic rings. The number of carbonyl (C=O) groups excluding carboxylic acids is 2. The van der Waals surface area contributed by atoms with Gasteiger partial charge in [0.15, 0.2) is 5.78 Å². The first-order valence-electron chi connectivity index (χ1n) is 8.33. The lowest BCUT2D eigenvalue weighted by atomic mass is 9.76. The summed E-state index contributed by atoms with van der Waals surface area (Å²) in [6.45, 7) is 1.88. The maximum absolute atomic E-state index is 12.5. The number of aromatic nitrogens is 1. The van der Waals surface area contributed by atoms with E-state index >= 15 is 0 Å². The fraction of sp³-hybridized carbons (Fsp3) is 0.421. The second kappa shape index (κ2) is 6.99. The highest BCUT2D eigenvalue weighted by Crippen LogP contribution is 2.38. The Bertz CT molecular complexity index is 719. The molecule has 0 amide bonds. The van der Waals surface area contributed by atoms with Crippen molar-refractivity contribution in [3.8, 4) is 0 Å². The first-order chi connectivity index (χ1) is 11.6. The Hall–Kier alpha value is -2.43. The number of Topliss-reactive ketones (excluding diaryl/α,β-unsaturated/α-hetero) is 1. The summed E-state index contributed by atoms with van der Waals surface area (Å²) in [6.07, 6.45) is 7.29. The third kappa shape index (κ3) is 3.11. The molecule has 1 aromatic heterocycles. The largest absolute Gasteiger partial charge is 0.466 e. The van der Waals surface area contributed by atoms with Gasteiger partial charge in [0, 0.05) is 41.7 Å². The number of aryl methyl sites for hydroxylation is 1. The van der Waals surface area contributed by atoms with Gasteiger partial charge >= 0.3 is 5.97 Å². The van der Waals surface area contributed by atoms with Crippen LogP contribution in [-0.4, -0.2) is 23.8 Å². The number of nitrogens with one attached hydrogen (secondary N) is 1. The molecule has 0 spiro atoms. The second-order valence-electron chi connectivity index (χ2n) is 6.28. The molecule has 0 radical (unpaired) electrons. The SMILES string of the molecule is COC(=O)C1=C(C)NC2=C(C(=O)CCC2)C1CCc1cccnc1. The van der Waals surface area contributed by atoms with Gasteiger partial charge in [-0.15, -0.1) is 0 Å². The zero-order chi connectivity index (χ0) is 17.1. The van der Waals surface area contributed by atoms with E-state index < -0.39 is 0 Å². The van der Waals surface area contributed by atoms with Crippen molar-refractivity contribution in [1.29, 1.82) is 0 Å². The van der Waals surface area contributed by atoms with Crippen LogP contribution in [-0.2, 0) is 20.7 Å². The van der Waals surface area contributed by atoms with Crippen LogP contribution in [0.4, 0.5) is 0 Å². The predicted octanol–water partition coefficient (Wildman–Crippen LogP) is 2.69. The summed E-state index contributed by atoms with van der Waals surface area (Å²) < 4.78 is 4.97. The number of ketones is 1. The molecule has 1 aromatic rings. The lowest BCUT2D eigenvalue weighted by Gasteiger charge is -2.33. The van der Waals surface area contributed by atoms with Crippen LogP contribution in [0.15, 0.2) is 47.1 Å². The van der Waals surface area contributed by atoms with Crippen LogP contribution in [0.3, 0.4) is 0 Å². The summed E-state index contributed by atoms with van der Waals surface area (Å²) in [6, 6.07) is 3.91. The van der Waals surface area contributed by atoms with Gasteiger partial charge in [-0.05, 0) is 44.2 Å². The van der Waals surface area contributed by atoms with Crippen molar-refractivity contribution in [3.63, 3.8) is 0 Å². The highest BCUT2D eigenvalue weighted by atomic mass is 16.5. The molecule has 1 atom stereocenters. The minimum Gasteiger partial charge on any atom is -0.466 e. The lowest BCUT2D eigenvalue weighted by molar-refractivity contribution is -0.136. The van der Waals surface area contributed by atoms with Crippen LogP contribution in [0.25, 0.3) is 0 Å². The molecule has 1 aliphatic heterocycles. The Morgan fingerprint density at radius 2 is 2.25 bits per heavy atom. The number of methoxy groups -OCH3 is 1. The number of esters is 1. The fourth-order valence-corrected chi connectivity index (χ4v) is 3.65. The molecule has 0 bridgehead atoms. The van der Waals surface area contributed by atoms with Gasteiger partial charge in [0.05, 0.1) is 12.7 Å². The standard InChI is InChI=1S/C19H22N2O3/c1-12-17(19(23)24-2)14(9-8-13-5-4-10-20-11-13)18-15(21-12)6-3-7-16(18)22/h4-5,10-11,14,21H,3,6-9H2,1-2H3. The molecular formula is C19H22N2O3. The number of allylic oxidation sites excluding steroid dienone is 3. The molecule has 1 N–H and O–H groups in total. The molecule has 1 unspecified atom stereocenters. The van der Waals surface area contributed by atoms with E-state index in [0.29, 0.717) is 18.4 Å². The summed E-state index contributed by atoms with van der Waals surface area (Å²) in [5.74, 6) is -0.420. The number of rotatable bonds is 4. The Balaban J connectivity index is 1.93. The second-order valence-corrected chi connectivity index (χ2v) is 6.28. The van der Waals surface area contributed by atoms with E-state index in [0.717, 1.165) is 41.8 Å². The molecule has 0 saturated carbocycles. The molecule has 3 rings (SSSR count). The Kier molecular flexibility index (Phi) is 4.79. The van der Waals surface area contributed by atoms with E-state index in [1.165, 1.54) is 7.11 Å². The zero-order valence-corrected chi connectivity index (χ0v) is 14.1. The van der Waals surface area contributed by atoms with Crippen molar-refractivity contribution in [2.24, 2.45) is 5.92 Å². The van der Waals surface area contributed by atoms with E-state index in [-0.39, 0.29) is 17.7 Å². The van der Waals surface area contributed by atoms with Crippen LogP contribution in [0.2, 0.25) is 0 Å². The van der Waals surface area contributed by atoms with E-state index in [4.69, 9.17) is 4.74 Å². The first kappa shape index (κ1) is 16.4. The molecular weight excluding hydrogens is 304 g/mol. The molecule has 0 saturated heterocycles. The fourth-order valence-electron chi connectivity index (χ4n) is 3.65. The van der Waals surface area contributed by atoms with Crippen LogP contribution in [0.1, 0.15) is 38.2 Å². The summed E-state index contributed by atoms with van der Waals surface area (Å²) in [5.41, 5.74) is 4.23. The van der Waals surface area contributed by atoms with Gasteiger partial charge < -0.3 is 10.1 Å². The maximum Gasteiger partial charge on any atom is 0.336 e. The minimum atomic E-state index is -0.360. The average Bonchev–Trinajstić information content (AvgIpc) is 2.59. The van der Waals surface area contributed by atoms with Gasteiger partial charge in [0.2, 0.25) is 0 Å². The Morgan fingerprint density at radius 3 is 2.96 bits per heavy atom. The Morgan fingerprint density at radius 1 is 1.42 bits per heavy atom. The van der Waals surface area contributed by atoms with E-state index in [1.54, 1.807) is 6.20 Å². The van der Waals surface area contributed by atoms with Crippen molar-refractivity contribution in [1.82, 2.24) is 10.3 Å². The summed E-state index contributed by atoms with van der Waals surface area (Å²) >= 11 is 0. The highest BCUT2D eigenvalue weighted by molar-refractivity contribution is 6.02. The molecule has 24 heavy (non-hydrogen) atoms. The molecule has 1 aliphatic carbocycles. The van der Waals surface area contributed by atoms with Gasteiger partial charge in [-0.25, -0.2) is 4.79 Å².